The second-order valence-corrected chi connectivity index (χ2v) is 3.40. The highest BCUT2D eigenvalue weighted by Gasteiger charge is 2.37. The molecule has 2 heterocycles. The lowest BCUT2D eigenvalue weighted by atomic mass is 9.94. The van der Waals surface area contributed by atoms with E-state index in [4.69, 9.17) is 0 Å². The average molecular weight is 184 g/mol. The standard InChI is InChI=1S/C7H12N4O2/c1-3-4-2-8-6(12)10-5(4)11-7(13)9-3/h3-5H,2H2,1H3,(H2,8,10,12)(H2,9,11,13)/t3-,4+,5-/m0/s1. The van der Waals surface area contributed by atoms with E-state index >= 15 is 0 Å². The third-order valence-electron chi connectivity index (χ3n) is 2.50. The van der Waals surface area contributed by atoms with Crippen LogP contribution in [0.3, 0.4) is 0 Å². The zero-order chi connectivity index (χ0) is 9.42. The summed E-state index contributed by atoms with van der Waals surface area (Å²) in [5.41, 5.74) is 0. The number of hydrogen-bond acceptors (Lipinski definition) is 2. The van der Waals surface area contributed by atoms with Crippen molar-refractivity contribution in [2.45, 2.75) is 19.1 Å². The van der Waals surface area contributed by atoms with E-state index < -0.39 is 0 Å². The Hall–Kier alpha value is -1.46. The van der Waals surface area contributed by atoms with Gasteiger partial charge in [-0.2, -0.15) is 0 Å². The molecule has 0 aromatic heterocycles. The molecule has 2 fully saturated rings. The van der Waals surface area contributed by atoms with Gasteiger partial charge in [-0.1, -0.05) is 0 Å². The third kappa shape index (κ3) is 1.39. The van der Waals surface area contributed by atoms with Crippen molar-refractivity contribution in [2.24, 2.45) is 5.92 Å². The predicted octanol–water partition coefficient (Wildman–Crippen LogP) is -1.06. The first-order valence-electron chi connectivity index (χ1n) is 4.28. The summed E-state index contributed by atoms with van der Waals surface area (Å²) >= 11 is 0. The van der Waals surface area contributed by atoms with E-state index in [1.807, 2.05) is 6.92 Å². The largest absolute Gasteiger partial charge is 0.338 e. The molecule has 3 atom stereocenters. The fraction of sp³-hybridized carbons (Fsp3) is 0.714. The molecule has 0 spiro atoms. The Bertz CT molecular complexity index is 253. The first-order valence-corrected chi connectivity index (χ1v) is 4.28. The van der Waals surface area contributed by atoms with E-state index in [1.54, 1.807) is 0 Å². The van der Waals surface area contributed by atoms with Crippen LogP contribution >= 0.6 is 0 Å². The molecule has 0 aromatic carbocycles. The molecule has 0 radical (unpaired) electrons. The predicted molar refractivity (Wildman–Crippen MR) is 44.9 cm³/mol. The monoisotopic (exact) mass is 184 g/mol. The quantitative estimate of drug-likeness (QED) is 0.387. The fourth-order valence-electron chi connectivity index (χ4n) is 1.73. The molecule has 0 unspecified atom stereocenters. The van der Waals surface area contributed by atoms with Crippen molar-refractivity contribution in [3.05, 3.63) is 0 Å². The van der Waals surface area contributed by atoms with E-state index in [0.29, 0.717) is 6.54 Å². The normalized spacial score (nSPS) is 37.8. The summed E-state index contributed by atoms with van der Waals surface area (Å²) in [5, 5.41) is 10.8. The molecule has 2 rings (SSSR count). The van der Waals surface area contributed by atoms with Crippen LogP contribution in [0.4, 0.5) is 9.59 Å². The van der Waals surface area contributed by atoms with E-state index in [0.717, 1.165) is 0 Å². The van der Waals surface area contributed by atoms with Gasteiger partial charge in [-0.05, 0) is 6.92 Å². The van der Waals surface area contributed by atoms with Crippen LogP contribution in [0.25, 0.3) is 0 Å². The molecule has 72 valence electrons. The summed E-state index contributed by atoms with van der Waals surface area (Å²) < 4.78 is 0. The van der Waals surface area contributed by atoms with Crippen molar-refractivity contribution in [3.63, 3.8) is 0 Å². The van der Waals surface area contributed by atoms with Crippen LogP contribution in [-0.2, 0) is 0 Å². The average Bonchev–Trinajstić information content (AvgIpc) is 2.02. The molecular weight excluding hydrogens is 172 g/mol. The highest BCUT2D eigenvalue weighted by Crippen LogP contribution is 2.13. The lowest BCUT2D eigenvalue weighted by molar-refractivity contribution is 0.161. The molecule has 2 aliphatic heterocycles. The smallest absolute Gasteiger partial charge is 0.316 e. The SMILES string of the molecule is C[C@@H]1NC(=O)N[C@@H]2NC(=O)NC[C@@H]21. The minimum atomic E-state index is -0.238. The molecule has 0 saturated carbocycles. The number of carbonyl (C=O) groups excluding carboxylic acids is 2. The molecule has 2 aliphatic rings. The van der Waals surface area contributed by atoms with Gasteiger partial charge in [-0.15, -0.1) is 0 Å². The van der Waals surface area contributed by atoms with Crippen LogP contribution in [-0.4, -0.2) is 30.8 Å². The van der Waals surface area contributed by atoms with Crippen molar-refractivity contribution >= 4 is 12.1 Å². The molecular formula is C7H12N4O2. The molecule has 0 aliphatic carbocycles. The molecule has 0 bridgehead atoms. The first kappa shape index (κ1) is 8.15. The van der Waals surface area contributed by atoms with Crippen molar-refractivity contribution in [2.75, 3.05) is 6.54 Å². The summed E-state index contributed by atoms with van der Waals surface area (Å²) in [6.07, 6.45) is -0.238. The maximum absolute atomic E-state index is 11.0. The molecule has 0 aromatic rings. The van der Waals surface area contributed by atoms with Gasteiger partial charge in [0.15, 0.2) is 0 Å². The van der Waals surface area contributed by atoms with Gasteiger partial charge in [0.1, 0.15) is 6.17 Å². The highest BCUT2D eigenvalue weighted by atomic mass is 16.2. The molecule has 13 heavy (non-hydrogen) atoms. The minimum Gasteiger partial charge on any atom is -0.338 e. The van der Waals surface area contributed by atoms with Crippen LogP contribution < -0.4 is 21.3 Å². The van der Waals surface area contributed by atoms with Gasteiger partial charge >= 0.3 is 12.1 Å². The number of amides is 4. The summed E-state index contributed by atoms with van der Waals surface area (Å²) in [6.45, 7) is 2.51. The molecule has 2 saturated heterocycles. The number of nitrogens with one attached hydrogen (secondary N) is 4. The molecule has 6 nitrogen and oxygen atoms in total. The van der Waals surface area contributed by atoms with E-state index in [-0.39, 0.29) is 30.2 Å². The van der Waals surface area contributed by atoms with Crippen molar-refractivity contribution in [3.8, 4) is 0 Å². The first-order chi connectivity index (χ1) is 6.16. The van der Waals surface area contributed by atoms with Gasteiger partial charge in [0.2, 0.25) is 0 Å². The number of carbonyl (C=O) groups is 2. The summed E-state index contributed by atoms with van der Waals surface area (Å²) in [7, 11) is 0. The van der Waals surface area contributed by atoms with Crippen LogP contribution in [0.1, 0.15) is 6.92 Å². The molecule has 4 N–H and O–H groups in total. The van der Waals surface area contributed by atoms with E-state index in [1.165, 1.54) is 0 Å². The topological polar surface area (TPSA) is 82.3 Å². The second-order valence-electron chi connectivity index (χ2n) is 3.40. The van der Waals surface area contributed by atoms with Crippen LogP contribution in [0, 0.1) is 5.92 Å². The van der Waals surface area contributed by atoms with Crippen LogP contribution in [0.2, 0.25) is 0 Å². The Labute approximate surface area is 75.4 Å². The second kappa shape index (κ2) is 2.79. The van der Waals surface area contributed by atoms with E-state index in [9.17, 15) is 9.59 Å². The van der Waals surface area contributed by atoms with Gasteiger partial charge in [0.25, 0.3) is 0 Å². The Morgan fingerprint density at radius 2 is 1.85 bits per heavy atom. The van der Waals surface area contributed by atoms with Crippen molar-refractivity contribution in [1.82, 2.24) is 21.3 Å². The van der Waals surface area contributed by atoms with Gasteiger partial charge in [0.05, 0.1) is 0 Å². The van der Waals surface area contributed by atoms with E-state index in [2.05, 4.69) is 21.3 Å². The summed E-state index contributed by atoms with van der Waals surface area (Å²) in [5.74, 6) is 0.204. The lowest BCUT2D eigenvalue weighted by Gasteiger charge is -2.40. The maximum atomic E-state index is 11.0. The Kier molecular flexibility index (Phi) is 1.75. The van der Waals surface area contributed by atoms with Crippen LogP contribution in [0.5, 0.6) is 0 Å². The van der Waals surface area contributed by atoms with Gasteiger partial charge in [0, 0.05) is 18.5 Å². The highest BCUT2D eigenvalue weighted by molar-refractivity contribution is 5.79. The molecule has 4 amide bonds. The zero-order valence-corrected chi connectivity index (χ0v) is 7.26. The van der Waals surface area contributed by atoms with Gasteiger partial charge in [-0.25, -0.2) is 9.59 Å². The zero-order valence-electron chi connectivity index (χ0n) is 7.26. The van der Waals surface area contributed by atoms with Crippen molar-refractivity contribution in [1.29, 1.82) is 0 Å². The Morgan fingerprint density at radius 3 is 2.62 bits per heavy atom. The van der Waals surface area contributed by atoms with Gasteiger partial charge < -0.3 is 21.3 Å². The molecule has 6 heteroatoms. The third-order valence-corrected chi connectivity index (χ3v) is 2.50. The maximum Gasteiger partial charge on any atom is 0.316 e. The number of fused-ring (bicyclic) bond motifs is 1. The summed E-state index contributed by atoms with van der Waals surface area (Å²) in [4.78, 5) is 22.0. The Morgan fingerprint density at radius 1 is 1.15 bits per heavy atom. The van der Waals surface area contributed by atoms with Gasteiger partial charge in [-0.3, -0.25) is 0 Å². The fourth-order valence-corrected chi connectivity index (χ4v) is 1.73. The van der Waals surface area contributed by atoms with Crippen molar-refractivity contribution < 1.29 is 9.59 Å². The number of hydrogen-bond donors (Lipinski definition) is 4. The van der Waals surface area contributed by atoms with Crippen LogP contribution in [0.15, 0.2) is 0 Å². The lowest BCUT2D eigenvalue weighted by Crippen LogP contribution is -2.71. The summed E-state index contributed by atoms with van der Waals surface area (Å²) in [6, 6.07) is -0.376. The number of urea groups is 2. The minimum absolute atomic E-state index is 0.0758. The Balaban J connectivity index is 2.10. The number of rotatable bonds is 0.